The van der Waals surface area contributed by atoms with Crippen LogP contribution in [-0.4, -0.2) is 22.1 Å². The van der Waals surface area contributed by atoms with Crippen molar-refractivity contribution < 1.29 is 10.4 Å². The Morgan fingerprint density at radius 2 is 2.04 bits per heavy atom. The molecule has 0 saturated heterocycles. The zero-order valence-corrected chi connectivity index (χ0v) is 16.4. The van der Waals surface area contributed by atoms with Crippen LogP contribution in [0.1, 0.15) is 10.4 Å². The van der Waals surface area contributed by atoms with Crippen LogP contribution >= 0.6 is 11.3 Å². The van der Waals surface area contributed by atoms with Crippen molar-refractivity contribution in [1.29, 1.82) is 0 Å². The standard InChI is InChI=1S/C21H21N5OS/c1-23-19-8-7-18(20-9-5-16(13-27)28-20)25-21(19)26(22)12-14-4-6-17-15(11-14)3-2-10-24-17/h2-11,23,27H,12-13,22H2,1H3/p+1. The molecule has 4 aromatic rings. The van der Waals surface area contributed by atoms with Gasteiger partial charge in [0.25, 0.3) is 0 Å². The van der Waals surface area contributed by atoms with Crippen LogP contribution in [0.3, 0.4) is 0 Å². The molecule has 28 heavy (non-hydrogen) atoms. The molecule has 0 bridgehead atoms. The topological polar surface area (TPSA) is 91.9 Å². The van der Waals surface area contributed by atoms with Crippen LogP contribution < -0.4 is 16.2 Å². The second-order valence-corrected chi connectivity index (χ2v) is 7.65. The highest BCUT2D eigenvalue weighted by atomic mass is 32.1. The van der Waals surface area contributed by atoms with E-state index in [9.17, 15) is 5.11 Å². The molecule has 0 unspecified atom stereocenters. The second-order valence-electron chi connectivity index (χ2n) is 6.48. The molecule has 3 aromatic heterocycles. The monoisotopic (exact) mass is 392 g/mol. The first-order chi connectivity index (χ1) is 13.7. The number of aliphatic hydroxyl groups excluding tert-OH is 1. The predicted octanol–water partition coefficient (Wildman–Crippen LogP) is 2.56. The van der Waals surface area contributed by atoms with E-state index in [2.05, 4.69) is 11.1 Å². The molecule has 0 radical (unpaired) electrons. The number of anilines is 1. The molecule has 0 aliphatic rings. The molecular weight excluding hydrogens is 370 g/mol. The van der Waals surface area contributed by atoms with E-state index in [4.69, 9.17) is 10.8 Å². The van der Waals surface area contributed by atoms with Gasteiger partial charge in [-0.05, 0) is 42.0 Å². The van der Waals surface area contributed by atoms with Gasteiger partial charge in [0, 0.05) is 22.5 Å². The van der Waals surface area contributed by atoms with E-state index in [1.54, 1.807) is 11.2 Å². The molecule has 0 fully saturated rings. The Morgan fingerprint density at radius 1 is 1.14 bits per heavy atom. The van der Waals surface area contributed by atoms with Crippen molar-refractivity contribution in [1.82, 2.24) is 9.97 Å². The van der Waals surface area contributed by atoms with Crippen LogP contribution in [0.2, 0.25) is 0 Å². The van der Waals surface area contributed by atoms with Crippen LogP contribution in [-0.2, 0) is 13.2 Å². The number of aliphatic hydroxyl groups is 1. The van der Waals surface area contributed by atoms with Gasteiger partial charge in [-0.2, -0.15) is 0 Å². The van der Waals surface area contributed by atoms with Crippen molar-refractivity contribution in [2.24, 2.45) is 5.84 Å². The molecule has 0 spiro atoms. The Bertz CT molecular complexity index is 1110. The van der Waals surface area contributed by atoms with Gasteiger partial charge < -0.3 is 10.4 Å². The van der Waals surface area contributed by atoms with Crippen LogP contribution in [0.15, 0.2) is 60.8 Å². The molecule has 0 atom stereocenters. The number of benzene rings is 1. The van der Waals surface area contributed by atoms with Crippen molar-refractivity contribution in [2.75, 3.05) is 12.1 Å². The Balaban J connectivity index is 1.64. The van der Waals surface area contributed by atoms with E-state index in [-0.39, 0.29) is 6.61 Å². The van der Waals surface area contributed by atoms with E-state index in [0.717, 1.165) is 43.4 Å². The fourth-order valence-electron chi connectivity index (χ4n) is 3.15. The van der Waals surface area contributed by atoms with Crippen molar-refractivity contribution in [3.05, 3.63) is 71.2 Å². The summed E-state index contributed by atoms with van der Waals surface area (Å²) in [5, 5.41) is 14.1. The number of hydrogen-bond acceptors (Lipinski definition) is 6. The molecule has 5 N–H and O–H groups in total. The first kappa shape index (κ1) is 18.5. The number of rotatable bonds is 6. The van der Waals surface area contributed by atoms with Crippen LogP contribution in [0.25, 0.3) is 21.5 Å². The summed E-state index contributed by atoms with van der Waals surface area (Å²) < 4.78 is 0. The number of thiophene rings is 1. The molecule has 7 heteroatoms. The summed E-state index contributed by atoms with van der Waals surface area (Å²) in [6.07, 6.45) is 1.79. The summed E-state index contributed by atoms with van der Waals surface area (Å²) in [5.74, 6) is 7.15. The van der Waals surface area contributed by atoms with Crippen LogP contribution in [0.5, 0.6) is 0 Å². The van der Waals surface area contributed by atoms with Gasteiger partial charge in [0.2, 0.25) is 5.82 Å². The minimum absolute atomic E-state index is 0.0399. The summed E-state index contributed by atoms with van der Waals surface area (Å²) in [5.41, 5.74) is 3.89. The average molecular weight is 393 g/mol. The molecule has 1 aromatic carbocycles. The number of nitrogens with two attached hydrogens (primary N) is 2. The van der Waals surface area contributed by atoms with Gasteiger partial charge in [0.1, 0.15) is 0 Å². The highest BCUT2D eigenvalue weighted by Crippen LogP contribution is 2.30. The number of aromatic nitrogens is 2. The third kappa shape index (κ3) is 3.74. The molecule has 4 rings (SSSR count). The highest BCUT2D eigenvalue weighted by Gasteiger charge is 2.16. The first-order valence-corrected chi connectivity index (χ1v) is 9.86. The van der Waals surface area contributed by atoms with Crippen molar-refractivity contribution in [2.45, 2.75) is 13.2 Å². The van der Waals surface area contributed by atoms with Crippen LogP contribution in [0.4, 0.5) is 11.5 Å². The second kappa shape index (κ2) is 8.04. The normalized spacial score (nSPS) is 11.1. The molecule has 0 amide bonds. The quantitative estimate of drug-likeness (QED) is 0.346. The fraction of sp³-hybridized carbons (Fsp3) is 0.143. The summed E-state index contributed by atoms with van der Waals surface area (Å²) >= 11 is 1.54. The molecular formula is C21H22N5OS+. The van der Waals surface area contributed by atoms with E-state index >= 15 is 0 Å². The molecule has 142 valence electrons. The number of pyridine rings is 2. The smallest absolute Gasteiger partial charge is 0.206 e. The third-order valence-corrected chi connectivity index (χ3v) is 5.67. The molecule has 0 aliphatic carbocycles. The summed E-state index contributed by atoms with van der Waals surface area (Å²) in [6, 6.07) is 18.1. The van der Waals surface area contributed by atoms with Gasteiger partial charge in [-0.1, -0.05) is 12.1 Å². The molecule has 0 aliphatic heterocycles. The van der Waals surface area contributed by atoms with Crippen molar-refractivity contribution >= 4 is 33.7 Å². The molecule has 0 saturated carbocycles. The largest absolute Gasteiger partial charge is 0.391 e. The van der Waals surface area contributed by atoms with Crippen LogP contribution in [0, 0.1) is 0 Å². The van der Waals surface area contributed by atoms with E-state index in [1.807, 2.05) is 60.9 Å². The summed E-state index contributed by atoms with van der Waals surface area (Å²) in [7, 11) is 1.98. The predicted molar refractivity (Wildman–Crippen MR) is 113 cm³/mol. The Morgan fingerprint density at radius 3 is 2.82 bits per heavy atom. The Kier molecular flexibility index (Phi) is 5.31. The lowest BCUT2D eigenvalue weighted by molar-refractivity contribution is -0.538. The van der Waals surface area contributed by atoms with Gasteiger partial charge in [0.05, 0.1) is 36.3 Å². The van der Waals surface area contributed by atoms with Gasteiger partial charge in [0.15, 0.2) is 5.69 Å². The fourth-order valence-corrected chi connectivity index (χ4v) is 3.98. The van der Waals surface area contributed by atoms with Gasteiger partial charge in [-0.15, -0.1) is 11.3 Å². The zero-order valence-electron chi connectivity index (χ0n) is 15.5. The maximum absolute atomic E-state index is 9.31. The first-order valence-electron chi connectivity index (χ1n) is 9.04. The lowest BCUT2D eigenvalue weighted by atomic mass is 10.1. The Hall–Kier alpha value is -2.84. The number of fused-ring (bicyclic) bond motifs is 1. The van der Waals surface area contributed by atoms with Gasteiger partial charge in [-0.3, -0.25) is 9.99 Å². The molecule has 3 heterocycles. The summed E-state index contributed by atoms with van der Waals surface area (Å²) in [6.45, 7) is 0.576. The number of nitrogens with zero attached hydrogens (tertiary/aromatic N) is 3. The average Bonchev–Trinajstić information content (AvgIpc) is 3.22. The van der Waals surface area contributed by atoms with Gasteiger partial charge in [-0.25, -0.2) is 10.8 Å². The lowest BCUT2D eigenvalue weighted by Gasteiger charge is -2.19. The molecule has 6 nitrogen and oxygen atoms in total. The van der Waals surface area contributed by atoms with Crippen molar-refractivity contribution in [3.8, 4) is 10.6 Å². The van der Waals surface area contributed by atoms with Crippen molar-refractivity contribution in [3.63, 3.8) is 0 Å². The maximum Gasteiger partial charge on any atom is 0.206 e. The number of hydrazine groups is 1. The number of quaternary nitrogens is 1. The Labute approximate surface area is 167 Å². The lowest BCUT2D eigenvalue weighted by Crippen LogP contribution is -2.73. The highest BCUT2D eigenvalue weighted by molar-refractivity contribution is 7.15. The SMILES string of the molecule is C[NH2+]c1ccc(-c2ccc(CO)s2)nc1N(N)Cc1ccc2ncccc2c1. The van der Waals surface area contributed by atoms with Gasteiger partial charge >= 0.3 is 0 Å². The maximum atomic E-state index is 9.31. The third-order valence-electron chi connectivity index (χ3n) is 4.58. The zero-order chi connectivity index (χ0) is 19.5. The number of hydrogen-bond donors (Lipinski definition) is 3. The minimum atomic E-state index is 0.0399. The summed E-state index contributed by atoms with van der Waals surface area (Å²) in [4.78, 5) is 11.1. The van der Waals surface area contributed by atoms with E-state index < -0.39 is 0 Å². The van der Waals surface area contributed by atoms with E-state index in [0.29, 0.717) is 6.54 Å². The van der Waals surface area contributed by atoms with E-state index in [1.165, 1.54) is 11.3 Å². The minimum Gasteiger partial charge on any atom is -0.391 e.